The summed E-state index contributed by atoms with van der Waals surface area (Å²) < 4.78 is 16.1. The van der Waals surface area contributed by atoms with Crippen molar-refractivity contribution in [3.05, 3.63) is 35.9 Å². The number of methoxy groups -OCH3 is 1. The second-order valence-corrected chi connectivity index (χ2v) is 4.95. The Balaban J connectivity index is 2.18. The molecule has 0 bridgehead atoms. The Morgan fingerprint density at radius 2 is 1.76 bits per heavy atom. The Hall–Kier alpha value is -0.940. The molecule has 0 amide bonds. The van der Waals surface area contributed by atoms with Crippen LogP contribution < -0.4 is 5.32 Å². The largest absolute Gasteiger partial charge is 0.382 e. The third-order valence-corrected chi connectivity index (χ3v) is 3.14. The highest BCUT2D eigenvalue weighted by molar-refractivity contribution is 5.18. The molecular formula is C17H29NO3. The van der Waals surface area contributed by atoms with E-state index in [9.17, 15) is 0 Å². The molecule has 1 aromatic rings. The average molecular weight is 295 g/mol. The molecule has 4 nitrogen and oxygen atoms in total. The Morgan fingerprint density at radius 1 is 1.00 bits per heavy atom. The molecule has 1 atom stereocenters. The Labute approximate surface area is 128 Å². The van der Waals surface area contributed by atoms with Crippen LogP contribution in [0.4, 0.5) is 0 Å². The summed E-state index contributed by atoms with van der Waals surface area (Å²) >= 11 is 0. The van der Waals surface area contributed by atoms with Crippen molar-refractivity contribution in [3.8, 4) is 0 Å². The summed E-state index contributed by atoms with van der Waals surface area (Å²) in [4.78, 5) is 0. The van der Waals surface area contributed by atoms with Crippen LogP contribution in [0.2, 0.25) is 0 Å². The van der Waals surface area contributed by atoms with Gasteiger partial charge < -0.3 is 19.5 Å². The van der Waals surface area contributed by atoms with Crippen LogP contribution in [0, 0.1) is 0 Å². The van der Waals surface area contributed by atoms with Gasteiger partial charge in [-0.15, -0.1) is 0 Å². The van der Waals surface area contributed by atoms with Gasteiger partial charge in [0, 0.05) is 20.3 Å². The molecule has 0 radical (unpaired) electrons. The van der Waals surface area contributed by atoms with E-state index in [1.54, 1.807) is 7.11 Å². The van der Waals surface area contributed by atoms with Crippen molar-refractivity contribution < 1.29 is 14.2 Å². The fraction of sp³-hybridized carbons (Fsp3) is 0.647. The lowest BCUT2D eigenvalue weighted by Crippen LogP contribution is -2.26. The van der Waals surface area contributed by atoms with E-state index in [1.807, 2.05) is 6.07 Å². The van der Waals surface area contributed by atoms with Gasteiger partial charge in [0.25, 0.3) is 0 Å². The van der Waals surface area contributed by atoms with Gasteiger partial charge in [-0.2, -0.15) is 0 Å². The number of rotatable bonds is 13. The lowest BCUT2D eigenvalue weighted by atomic mass is 10.1. The molecular weight excluding hydrogens is 266 g/mol. The molecule has 1 rings (SSSR count). The second kappa shape index (κ2) is 12.8. The zero-order chi connectivity index (χ0) is 15.2. The molecule has 0 saturated carbocycles. The van der Waals surface area contributed by atoms with Gasteiger partial charge >= 0.3 is 0 Å². The Kier molecular flexibility index (Phi) is 11.0. The van der Waals surface area contributed by atoms with E-state index in [4.69, 9.17) is 14.2 Å². The van der Waals surface area contributed by atoms with Crippen LogP contribution in [-0.4, -0.2) is 46.7 Å². The van der Waals surface area contributed by atoms with Gasteiger partial charge in [-0.1, -0.05) is 37.3 Å². The molecule has 0 aromatic heterocycles. The highest BCUT2D eigenvalue weighted by Gasteiger charge is 2.09. The molecule has 0 saturated heterocycles. The number of benzene rings is 1. The molecule has 1 unspecified atom stereocenters. The highest BCUT2D eigenvalue weighted by atomic mass is 16.5. The number of ether oxygens (including phenoxy) is 3. The van der Waals surface area contributed by atoms with Gasteiger partial charge in [0.15, 0.2) is 0 Å². The second-order valence-electron chi connectivity index (χ2n) is 4.95. The van der Waals surface area contributed by atoms with Crippen molar-refractivity contribution in [2.75, 3.05) is 46.7 Å². The van der Waals surface area contributed by atoms with E-state index in [0.29, 0.717) is 19.8 Å². The quantitative estimate of drug-likeness (QED) is 0.568. The van der Waals surface area contributed by atoms with E-state index >= 15 is 0 Å². The summed E-state index contributed by atoms with van der Waals surface area (Å²) in [5.41, 5.74) is 1.28. The highest BCUT2D eigenvalue weighted by Crippen LogP contribution is 2.13. The maximum absolute atomic E-state index is 5.78. The molecule has 1 N–H and O–H groups in total. The van der Waals surface area contributed by atoms with Crippen LogP contribution in [0.25, 0.3) is 0 Å². The molecule has 0 fully saturated rings. The topological polar surface area (TPSA) is 39.7 Å². The Morgan fingerprint density at radius 3 is 2.48 bits per heavy atom. The first-order valence-electron chi connectivity index (χ1n) is 7.81. The number of nitrogens with one attached hydrogen (secondary N) is 1. The van der Waals surface area contributed by atoms with Gasteiger partial charge in [-0.25, -0.2) is 0 Å². The molecule has 21 heavy (non-hydrogen) atoms. The van der Waals surface area contributed by atoms with E-state index in [-0.39, 0.29) is 6.04 Å². The minimum atomic E-state index is 0.264. The smallest absolute Gasteiger partial charge is 0.0700 e. The van der Waals surface area contributed by atoms with Crippen molar-refractivity contribution in [2.45, 2.75) is 25.8 Å². The maximum atomic E-state index is 5.78. The van der Waals surface area contributed by atoms with E-state index in [2.05, 4.69) is 36.5 Å². The molecule has 0 spiro atoms. The minimum Gasteiger partial charge on any atom is -0.382 e. The summed E-state index contributed by atoms with van der Waals surface area (Å²) in [6.45, 7) is 6.63. The van der Waals surface area contributed by atoms with Crippen molar-refractivity contribution in [3.63, 3.8) is 0 Å². The van der Waals surface area contributed by atoms with Crippen molar-refractivity contribution in [1.29, 1.82) is 0 Å². The van der Waals surface area contributed by atoms with E-state index < -0.39 is 0 Å². The van der Waals surface area contributed by atoms with Crippen LogP contribution >= 0.6 is 0 Å². The SMILES string of the molecule is CCCNC(COCCCOCCOC)c1ccccc1. The molecule has 0 aliphatic rings. The molecule has 0 aliphatic heterocycles. The van der Waals surface area contributed by atoms with Crippen molar-refractivity contribution >= 4 is 0 Å². The molecule has 0 heterocycles. The van der Waals surface area contributed by atoms with Crippen LogP contribution in [-0.2, 0) is 14.2 Å². The summed E-state index contributed by atoms with van der Waals surface area (Å²) in [6.07, 6.45) is 2.04. The van der Waals surface area contributed by atoms with Crippen LogP contribution in [0.3, 0.4) is 0 Å². The maximum Gasteiger partial charge on any atom is 0.0700 e. The summed E-state index contributed by atoms with van der Waals surface area (Å²) in [6, 6.07) is 10.7. The fourth-order valence-corrected chi connectivity index (χ4v) is 1.99. The average Bonchev–Trinajstić information content (AvgIpc) is 2.53. The van der Waals surface area contributed by atoms with Crippen molar-refractivity contribution in [1.82, 2.24) is 5.32 Å². The zero-order valence-corrected chi connectivity index (χ0v) is 13.3. The molecule has 1 aromatic carbocycles. The summed E-state index contributed by atoms with van der Waals surface area (Å²) in [5.74, 6) is 0. The third kappa shape index (κ3) is 8.83. The summed E-state index contributed by atoms with van der Waals surface area (Å²) in [5, 5.41) is 3.53. The van der Waals surface area contributed by atoms with Crippen LogP contribution in [0.5, 0.6) is 0 Å². The van der Waals surface area contributed by atoms with Gasteiger partial charge in [0.05, 0.1) is 25.9 Å². The van der Waals surface area contributed by atoms with Gasteiger partial charge in [0.1, 0.15) is 0 Å². The van der Waals surface area contributed by atoms with Crippen LogP contribution in [0.1, 0.15) is 31.4 Å². The first kappa shape index (κ1) is 18.1. The lowest BCUT2D eigenvalue weighted by Gasteiger charge is -2.19. The predicted molar refractivity (Wildman–Crippen MR) is 85.6 cm³/mol. The van der Waals surface area contributed by atoms with Gasteiger partial charge in [-0.3, -0.25) is 0 Å². The third-order valence-electron chi connectivity index (χ3n) is 3.14. The molecule has 120 valence electrons. The van der Waals surface area contributed by atoms with Crippen molar-refractivity contribution in [2.24, 2.45) is 0 Å². The first-order chi connectivity index (χ1) is 10.4. The van der Waals surface area contributed by atoms with Gasteiger partial charge in [-0.05, 0) is 24.9 Å². The molecule has 0 aliphatic carbocycles. The van der Waals surface area contributed by atoms with Crippen LogP contribution in [0.15, 0.2) is 30.3 Å². The predicted octanol–water partition coefficient (Wildman–Crippen LogP) is 2.80. The lowest BCUT2D eigenvalue weighted by molar-refractivity contribution is 0.0474. The van der Waals surface area contributed by atoms with E-state index in [1.165, 1.54) is 5.56 Å². The molecule has 4 heteroatoms. The minimum absolute atomic E-state index is 0.264. The number of hydrogen-bond acceptors (Lipinski definition) is 4. The normalized spacial score (nSPS) is 12.5. The summed E-state index contributed by atoms with van der Waals surface area (Å²) in [7, 11) is 1.68. The zero-order valence-electron chi connectivity index (χ0n) is 13.3. The Bertz CT molecular complexity index is 332. The van der Waals surface area contributed by atoms with E-state index in [0.717, 1.165) is 32.6 Å². The first-order valence-corrected chi connectivity index (χ1v) is 7.81. The fourth-order valence-electron chi connectivity index (χ4n) is 1.99. The van der Waals surface area contributed by atoms with Gasteiger partial charge in [0.2, 0.25) is 0 Å². The number of hydrogen-bond donors (Lipinski definition) is 1. The monoisotopic (exact) mass is 295 g/mol. The standard InChI is InChI=1S/C17H29NO3/c1-3-10-18-17(16-8-5-4-6-9-16)15-21-12-7-11-20-14-13-19-2/h4-6,8-9,17-18H,3,7,10-15H2,1-2H3.